The smallest absolute Gasteiger partial charge is 0.221 e. The fraction of sp³-hybridized carbons (Fsp3) is 0.562. The third kappa shape index (κ3) is 6.39. The van der Waals surface area contributed by atoms with Crippen LogP contribution in [0.2, 0.25) is 0 Å². The Morgan fingerprint density at radius 1 is 1.26 bits per heavy atom. The van der Waals surface area contributed by atoms with Gasteiger partial charge in [-0.3, -0.25) is 4.79 Å². The molecule has 1 rings (SSSR count). The summed E-state index contributed by atoms with van der Waals surface area (Å²) in [5, 5.41) is 2.94. The number of nitrogens with one attached hydrogen (secondary N) is 1. The molecule has 1 amide bonds. The van der Waals surface area contributed by atoms with E-state index in [1.54, 1.807) is 0 Å². The Bertz CT molecular complexity index is 381. The van der Waals surface area contributed by atoms with E-state index in [1.165, 1.54) is 5.56 Å². The third-order valence-electron chi connectivity index (χ3n) is 3.32. The van der Waals surface area contributed by atoms with Crippen molar-refractivity contribution in [1.82, 2.24) is 5.32 Å². The highest BCUT2D eigenvalue weighted by Crippen LogP contribution is 2.19. The minimum Gasteiger partial charge on any atom is -0.356 e. The molecular weight excluding hydrogens is 236 g/mol. The molecule has 0 aromatic heterocycles. The molecule has 0 aliphatic carbocycles. The van der Waals surface area contributed by atoms with Crippen molar-refractivity contribution >= 4 is 5.91 Å². The predicted molar refractivity (Wildman–Crippen MR) is 79.8 cm³/mol. The molecule has 0 radical (unpaired) electrons. The number of carbonyl (C=O) groups is 1. The van der Waals surface area contributed by atoms with Gasteiger partial charge in [-0.15, -0.1) is 0 Å². The van der Waals surface area contributed by atoms with Crippen LogP contribution < -0.4 is 11.1 Å². The Morgan fingerprint density at radius 2 is 1.89 bits per heavy atom. The summed E-state index contributed by atoms with van der Waals surface area (Å²) < 4.78 is 0. The molecule has 3 heteroatoms. The van der Waals surface area contributed by atoms with E-state index in [4.69, 9.17) is 5.73 Å². The molecule has 106 valence electrons. The number of hydrogen-bond acceptors (Lipinski definition) is 2. The fourth-order valence-electron chi connectivity index (χ4n) is 1.74. The summed E-state index contributed by atoms with van der Waals surface area (Å²) in [5.74, 6) is 0.0514. The Kier molecular flexibility index (Phi) is 6.03. The topological polar surface area (TPSA) is 55.1 Å². The van der Waals surface area contributed by atoms with E-state index < -0.39 is 0 Å². The number of amides is 1. The first-order valence-corrected chi connectivity index (χ1v) is 6.96. The molecule has 1 aromatic rings. The summed E-state index contributed by atoms with van der Waals surface area (Å²) in [7, 11) is 0. The van der Waals surface area contributed by atoms with Crippen molar-refractivity contribution in [3.63, 3.8) is 0 Å². The van der Waals surface area contributed by atoms with Gasteiger partial charge >= 0.3 is 0 Å². The van der Waals surface area contributed by atoms with E-state index in [0.717, 1.165) is 12.8 Å². The summed E-state index contributed by atoms with van der Waals surface area (Å²) in [6.07, 6.45) is 2.35. The van der Waals surface area contributed by atoms with Crippen LogP contribution >= 0.6 is 0 Å². The van der Waals surface area contributed by atoms with Crippen LogP contribution in [0.25, 0.3) is 0 Å². The molecule has 0 saturated carbocycles. The molecule has 0 aliphatic heterocycles. The van der Waals surface area contributed by atoms with Crippen LogP contribution in [0.4, 0.5) is 0 Å². The van der Waals surface area contributed by atoms with Gasteiger partial charge in [0.2, 0.25) is 5.91 Å². The highest BCUT2D eigenvalue weighted by Gasteiger charge is 2.22. The Morgan fingerprint density at radius 3 is 2.47 bits per heavy atom. The maximum atomic E-state index is 11.7. The second kappa shape index (κ2) is 7.29. The van der Waals surface area contributed by atoms with Gasteiger partial charge in [-0.05, 0) is 23.8 Å². The average Bonchev–Trinajstić information content (AvgIpc) is 2.35. The number of benzene rings is 1. The Hall–Kier alpha value is -1.35. The molecule has 0 fully saturated rings. The Labute approximate surface area is 116 Å². The first-order chi connectivity index (χ1) is 8.89. The van der Waals surface area contributed by atoms with Crippen LogP contribution in [0.15, 0.2) is 30.3 Å². The minimum absolute atomic E-state index is 0.0264. The van der Waals surface area contributed by atoms with Gasteiger partial charge in [-0.25, -0.2) is 0 Å². The van der Waals surface area contributed by atoms with Gasteiger partial charge < -0.3 is 11.1 Å². The lowest BCUT2D eigenvalue weighted by atomic mass is 9.85. The number of hydrogen-bond donors (Lipinski definition) is 2. The maximum absolute atomic E-state index is 11.7. The third-order valence-corrected chi connectivity index (χ3v) is 3.32. The lowest BCUT2D eigenvalue weighted by Crippen LogP contribution is -2.40. The number of carbonyl (C=O) groups excluding carboxylic acids is 1. The van der Waals surface area contributed by atoms with E-state index in [1.807, 2.05) is 18.2 Å². The van der Waals surface area contributed by atoms with Gasteiger partial charge in [0.25, 0.3) is 0 Å². The zero-order valence-corrected chi connectivity index (χ0v) is 12.3. The van der Waals surface area contributed by atoms with Crippen molar-refractivity contribution in [2.45, 2.75) is 46.1 Å². The van der Waals surface area contributed by atoms with E-state index in [9.17, 15) is 4.79 Å². The maximum Gasteiger partial charge on any atom is 0.221 e. The fourth-order valence-corrected chi connectivity index (χ4v) is 1.74. The second-order valence-corrected chi connectivity index (χ2v) is 6.12. The number of aryl methyl sites for hydroxylation is 1. The van der Waals surface area contributed by atoms with Crippen molar-refractivity contribution in [2.24, 2.45) is 11.1 Å². The second-order valence-electron chi connectivity index (χ2n) is 6.12. The zero-order chi connectivity index (χ0) is 14.3. The molecule has 0 bridgehead atoms. The Balaban J connectivity index is 2.18. The lowest BCUT2D eigenvalue weighted by molar-refractivity contribution is -0.121. The first kappa shape index (κ1) is 15.7. The van der Waals surface area contributed by atoms with Crippen LogP contribution in [0.5, 0.6) is 0 Å². The molecule has 0 saturated heterocycles. The molecule has 3 nitrogen and oxygen atoms in total. The van der Waals surface area contributed by atoms with Gasteiger partial charge in [0.15, 0.2) is 0 Å². The average molecular weight is 262 g/mol. The highest BCUT2D eigenvalue weighted by atomic mass is 16.1. The van der Waals surface area contributed by atoms with Gasteiger partial charge in [-0.1, -0.05) is 51.1 Å². The predicted octanol–water partition coefficient (Wildman–Crippen LogP) is 2.50. The quantitative estimate of drug-likeness (QED) is 0.774. The lowest BCUT2D eigenvalue weighted by Gasteiger charge is -2.26. The molecule has 1 atom stereocenters. The van der Waals surface area contributed by atoms with Gasteiger partial charge in [0.1, 0.15) is 0 Å². The van der Waals surface area contributed by atoms with Crippen molar-refractivity contribution in [3.8, 4) is 0 Å². The summed E-state index contributed by atoms with van der Waals surface area (Å²) in [6.45, 7) is 6.88. The molecule has 0 heterocycles. The van der Waals surface area contributed by atoms with Gasteiger partial charge in [0, 0.05) is 19.0 Å². The molecule has 1 aromatic carbocycles. The van der Waals surface area contributed by atoms with Crippen LogP contribution in [0, 0.1) is 5.41 Å². The van der Waals surface area contributed by atoms with Crippen LogP contribution in [-0.4, -0.2) is 18.5 Å². The van der Waals surface area contributed by atoms with E-state index in [0.29, 0.717) is 13.0 Å². The van der Waals surface area contributed by atoms with Gasteiger partial charge in [-0.2, -0.15) is 0 Å². The van der Waals surface area contributed by atoms with Crippen LogP contribution in [0.1, 0.15) is 39.2 Å². The summed E-state index contributed by atoms with van der Waals surface area (Å²) in [5.41, 5.74) is 7.27. The van der Waals surface area contributed by atoms with E-state index in [-0.39, 0.29) is 17.4 Å². The van der Waals surface area contributed by atoms with Crippen LogP contribution in [-0.2, 0) is 11.2 Å². The summed E-state index contributed by atoms with van der Waals surface area (Å²) in [4.78, 5) is 11.7. The van der Waals surface area contributed by atoms with Crippen molar-refractivity contribution < 1.29 is 4.79 Å². The number of nitrogens with two attached hydrogens (primary N) is 1. The summed E-state index contributed by atoms with van der Waals surface area (Å²) in [6, 6.07) is 10.2. The van der Waals surface area contributed by atoms with Crippen molar-refractivity contribution in [3.05, 3.63) is 35.9 Å². The minimum atomic E-state index is -0.0957. The summed E-state index contributed by atoms with van der Waals surface area (Å²) >= 11 is 0. The highest BCUT2D eigenvalue weighted by molar-refractivity contribution is 5.76. The normalized spacial score (nSPS) is 13.1. The standard InChI is InChI=1S/C16H26N2O/c1-16(2,3)14(17)12-15(19)18-11-7-10-13-8-5-4-6-9-13/h4-6,8-9,14H,7,10-12,17H2,1-3H3,(H,18,19). The van der Waals surface area contributed by atoms with E-state index >= 15 is 0 Å². The van der Waals surface area contributed by atoms with E-state index in [2.05, 4.69) is 38.2 Å². The molecule has 3 N–H and O–H groups in total. The first-order valence-electron chi connectivity index (χ1n) is 6.96. The largest absolute Gasteiger partial charge is 0.356 e. The van der Waals surface area contributed by atoms with Crippen LogP contribution in [0.3, 0.4) is 0 Å². The monoisotopic (exact) mass is 262 g/mol. The number of rotatable bonds is 6. The van der Waals surface area contributed by atoms with Crippen molar-refractivity contribution in [2.75, 3.05) is 6.54 Å². The van der Waals surface area contributed by atoms with Crippen molar-refractivity contribution in [1.29, 1.82) is 0 Å². The zero-order valence-electron chi connectivity index (χ0n) is 12.3. The van der Waals surface area contributed by atoms with Gasteiger partial charge in [0.05, 0.1) is 0 Å². The molecule has 19 heavy (non-hydrogen) atoms. The molecular formula is C16H26N2O. The molecule has 0 aliphatic rings. The SMILES string of the molecule is CC(C)(C)C(N)CC(=O)NCCCc1ccccc1. The molecule has 1 unspecified atom stereocenters. The molecule has 0 spiro atoms.